The van der Waals surface area contributed by atoms with Crippen LogP contribution in [0.15, 0.2) is 145 Å². The van der Waals surface area contributed by atoms with Crippen LogP contribution in [0.3, 0.4) is 0 Å². The quantitative estimate of drug-likeness (QED) is 0.510. The van der Waals surface area contributed by atoms with Crippen LogP contribution in [0.5, 0.6) is 0 Å². The van der Waals surface area contributed by atoms with E-state index in [-0.39, 0.29) is 0 Å². The number of nitrogens with one attached hydrogen (secondary N) is 1. The van der Waals surface area contributed by atoms with E-state index in [0.29, 0.717) is 12.0 Å². The summed E-state index contributed by atoms with van der Waals surface area (Å²) in [5, 5.41) is 3.85. The number of hydrogen-bond acceptors (Lipinski definition) is 1. The van der Waals surface area contributed by atoms with Crippen LogP contribution >= 0.6 is 0 Å². The van der Waals surface area contributed by atoms with Crippen LogP contribution in [0.1, 0.15) is 25.7 Å². The number of rotatable bonds is 3. The van der Waals surface area contributed by atoms with Gasteiger partial charge in [0.15, 0.2) is 0 Å². The van der Waals surface area contributed by atoms with E-state index in [4.69, 9.17) is 0 Å². The summed E-state index contributed by atoms with van der Waals surface area (Å²) in [6.45, 7) is 0. The van der Waals surface area contributed by atoms with Crippen LogP contribution in [0, 0.1) is 5.92 Å². The van der Waals surface area contributed by atoms with E-state index in [9.17, 15) is 0 Å². The molecule has 0 aromatic heterocycles. The smallest absolute Gasteiger partial charge is 0.0342 e. The van der Waals surface area contributed by atoms with Gasteiger partial charge in [-0.1, -0.05) is 134 Å². The normalized spacial score (nSPS) is 32.9. The molecule has 0 spiro atoms. The largest absolute Gasteiger partial charge is 0.382 e. The molecule has 3 aliphatic rings. The first kappa shape index (κ1) is 22.4. The van der Waals surface area contributed by atoms with Gasteiger partial charge in [0.1, 0.15) is 0 Å². The molecular formula is C30H33N. The molecule has 3 rings (SSSR count). The third kappa shape index (κ3) is 8.52. The minimum Gasteiger partial charge on any atom is -0.382 e. The van der Waals surface area contributed by atoms with Gasteiger partial charge in [0, 0.05) is 17.7 Å². The lowest BCUT2D eigenvalue weighted by Crippen LogP contribution is -2.38. The zero-order chi connectivity index (χ0) is 21.4. The summed E-state index contributed by atoms with van der Waals surface area (Å²) in [6.07, 6.45) is 51.2. The fourth-order valence-electron chi connectivity index (χ4n) is 3.92. The molecule has 0 aromatic carbocycles. The predicted molar refractivity (Wildman–Crippen MR) is 136 cm³/mol. The Kier molecular flexibility index (Phi) is 9.97. The standard InChI is InChI=1S/C30H33N/c1-3-7-11-15-21-27(22-16-12-8-4-1)29-25-19-20-26-30(29)31-28-23-17-13-9-5-2-6-10-14-18-24-28/h1-18,21-24,29-31H,19-20,25-26H2/b3-1-,4-1?,5-2?,6-2?,7-3?,8-4-,9-5?,10-6?,11-7-,12-8?,13-9+,14-10?,15-11?,16-12-,17-13?,18-14-,21-15?,22-16?,23-17-,24-18?,27-21?,27-22?,28-23?,28-24+. The number of hydrogen-bond donors (Lipinski definition) is 1. The Morgan fingerprint density at radius 3 is 1.61 bits per heavy atom. The molecule has 1 saturated carbocycles. The van der Waals surface area contributed by atoms with Gasteiger partial charge in [-0.05, 0) is 30.6 Å². The Labute approximate surface area is 188 Å². The van der Waals surface area contributed by atoms with Gasteiger partial charge in [-0.25, -0.2) is 0 Å². The summed E-state index contributed by atoms with van der Waals surface area (Å²) >= 11 is 0. The van der Waals surface area contributed by atoms with Gasteiger partial charge in [0.05, 0.1) is 0 Å². The molecular weight excluding hydrogens is 374 g/mol. The van der Waals surface area contributed by atoms with Crippen molar-refractivity contribution < 1.29 is 0 Å². The fourth-order valence-corrected chi connectivity index (χ4v) is 3.92. The lowest BCUT2D eigenvalue weighted by Gasteiger charge is -2.34. The molecule has 0 heterocycles. The van der Waals surface area contributed by atoms with Crippen molar-refractivity contribution >= 4 is 0 Å². The Bertz CT molecular complexity index is 919. The van der Waals surface area contributed by atoms with Gasteiger partial charge in [0.2, 0.25) is 0 Å². The second-order valence-electron chi connectivity index (χ2n) is 7.73. The molecule has 0 aliphatic heterocycles. The molecule has 3 aliphatic carbocycles. The van der Waals surface area contributed by atoms with Crippen molar-refractivity contribution in [3.8, 4) is 0 Å². The topological polar surface area (TPSA) is 12.0 Å². The highest BCUT2D eigenvalue weighted by molar-refractivity contribution is 5.34. The van der Waals surface area contributed by atoms with E-state index >= 15 is 0 Å². The summed E-state index contributed by atoms with van der Waals surface area (Å²) in [4.78, 5) is 0. The van der Waals surface area contributed by atoms with E-state index in [1.165, 1.54) is 31.3 Å². The van der Waals surface area contributed by atoms with E-state index in [0.717, 1.165) is 5.70 Å². The monoisotopic (exact) mass is 407 g/mol. The first-order valence-corrected chi connectivity index (χ1v) is 11.3. The van der Waals surface area contributed by atoms with Gasteiger partial charge in [-0.2, -0.15) is 0 Å². The van der Waals surface area contributed by atoms with Gasteiger partial charge in [0.25, 0.3) is 0 Å². The van der Waals surface area contributed by atoms with E-state index in [1.54, 1.807) is 0 Å². The Balaban J connectivity index is 1.81. The average Bonchev–Trinajstić information content (AvgIpc) is 2.77. The number of allylic oxidation sites excluding steroid dienone is 22. The highest BCUT2D eigenvalue weighted by Crippen LogP contribution is 2.32. The van der Waals surface area contributed by atoms with Crippen LogP contribution in [0.2, 0.25) is 0 Å². The van der Waals surface area contributed by atoms with Crippen LogP contribution in [0.25, 0.3) is 0 Å². The molecule has 0 saturated heterocycles. The first-order chi connectivity index (χ1) is 15.4. The molecule has 31 heavy (non-hydrogen) atoms. The maximum Gasteiger partial charge on any atom is 0.0342 e. The van der Waals surface area contributed by atoms with Gasteiger partial charge in [-0.3, -0.25) is 0 Å². The van der Waals surface area contributed by atoms with Gasteiger partial charge < -0.3 is 5.32 Å². The van der Waals surface area contributed by atoms with Gasteiger partial charge >= 0.3 is 0 Å². The van der Waals surface area contributed by atoms with Crippen molar-refractivity contribution in [1.82, 2.24) is 5.32 Å². The second-order valence-corrected chi connectivity index (χ2v) is 7.73. The summed E-state index contributed by atoms with van der Waals surface area (Å²) in [7, 11) is 0. The molecule has 1 nitrogen and oxygen atoms in total. The minimum atomic E-state index is 0.419. The highest BCUT2D eigenvalue weighted by atomic mass is 14.9. The maximum absolute atomic E-state index is 3.85. The summed E-state index contributed by atoms with van der Waals surface area (Å²) < 4.78 is 0. The maximum atomic E-state index is 3.85. The summed E-state index contributed by atoms with van der Waals surface area (Å²) in [5.41, 5.74) is 2.54. The Hall–Kier alpha value is -3.32. The van der Waals surface area contributed by atoms with Crippen LogP contribution < -0.4 is 5.32 Å². The zero-order valence-corrected chi connectivity index (χ0v) is 18.2. The third-order valence-electron chi connectivity index (χ3n) is 5.45. The van der Waals surface area contributed by atoms with Gasteiger partial charge in [-0.15, -0.1) is 0 Å². The Morgan fingerprint density at radius 1 is 0.484 bits per heavy atom. The zero-order valence-electron chi connectivity index (χ0n) is 18.2. The molecule has 0 bridgehead atoms. The lowest BCUT2D eigenvalue weighted by atomic mass is 9.79. The molecule has 1 fully saturated rings. The molecule has 2 unspecified atom stereocenters. The van der Waals surface area contributed by atoms with Crippen molar-refractivity contribution in [2.45, 2.75) is 31.7 Å². The van der Waals surface area contributed by atoms with E-state index < -0.39 is 0 Å². The van der Waals surface area contributed by atoms with Crippen LogP contribution in [-0.2, 0) is 0 Å². The molecule has 0 aromatic rings. The summed E-state index contributed by atoms with van der Waals surface area (Å²) in [5.74, 6) is 0.489. The fraction of sp³-hybridized carbons (Fsp3) is 0.200. The van der Waals surface area contributed by atoms with Crippen molar-refractivity contribution in [3.05, 3.63) is 145 Å². The SMILES string of the molecule is C1=C\C=C/C=C(NC2CCCCC2C2=C\C=C/C=C\C=C/C=C\C=C2)\C=C/C=C/C=C1. The lowest BCUT2D eigenvalue weighted by molar-refractivity contribution is 0.317. The second kappa shape index (κ2) is 13.8. The first-order valence-electron chi connectivity index (χ1n) is 11.3. The van der Waals surface area contributed by atoms with Crippen molar-refractivity contribution in [3.63, 3.8) is 0 Å². The molecule has 1 heteroatoms. The van der Waals surface area contributed by atoms with Crippen molar-refractivity contribution in [2.75, 3.05) is 0 Å². The molecule has 158 valence electrons. The molecule has 0 amide bonds. The van der Waals surface area contributed by atoms with Crippen molar-refractivity contribution in [2.24, 2.45) is 5.92 Å². The average molecular weight is 408 g/mol. The third-order valence-corrected chi connectivity index (χ3v) is 5.45. The van der Waals surface area contributed by atoms with E-state index in [1.807, 2.05) is 24.3 Å². The van der Waals surface area contributed by atoms with Crippen LogP contribution in [0.4, 0.5) is 0 Å². The predicted octanol–water partition coefficient (Wildman–Crippen LogP) is 7.53. The minimum absolute atomic E-state index is 0.419. The van der Waals surface area contributed by atoms with Crippen LogP contribution in [-0.4, -0.2) is 6.04 Å². The highest BCUT2D eigenvalue weighted by Gasteiger charge is 2.27. The Morgan fingerprint density at radius 2 is 0.968 bits per heavy atom. The van der Waals surface area contributed by atoms with E-state index in [2.05, 4.69) is 115 Å². The summed E-state index contributed by atoms with van der Waals surface area (Å²) in [6, 6.07) is 0.419. The molecule has 0 radical (unpaired) electrons. The molecule has 2 atom stereocenters. The molecule has 1 N–H and O–H groups in total. The van der Waals surface area contributed by atoms with Crippen molar-refractivity contribution in [1.29, 1.82) is 0 Å².